The topological polar surface area (TPSA) is 114 Å². The van der Waals surface area contributed by atoms with Crippen LogP contribution in [0.4, 0.5) is 0 Å². The molecule has 0 spiro atoms. The molecule has 0 saturated carbocycles. The van der Waals surface area contributed by atoms with Gasteiger partial charge in [-0.25, -0.2) is 9.59 Å². The minimum absolute atomic E-state index is 0.516. The maximum absolute atomic E-state index is 9.10. The summed E-state index contributed by atoms with van der Waals surface area (Å²) in [7, 11) is 1.70. The van der Waals surface area contributed by atoms with Gasteiger partial charge in [-0.3, -0.25) is 0 Å². The predicted molar refractivity (Wildman–Crippen MR) is 102 cm³/mol. The van der Waals surface area contributed by atoms with Crippen molar-refractivity contribution in [1.82, 2.24) is 5.32 Å². The molecule has 0 saturated heterocycles. The van der Waals surface area contributed by atoms with Gasteiger partial charge in [-0.15, -0.1) is 0 Å². The summed E-state index contributed by atoms with van der Waals surface area (Å²) in [5, 5.41) is 18.0. The number of hydrogen-bond acceptors (Lipinski definition) is 6. The summed E-state index contributed by atoms with van der Waals surface area (Å²) in [4.78, 5) is 18.2. The third kappa shape index (κ3) is 12.8. The fraction of sp³-hybridized carbons (Fsp3) is 0.579. The molecule has 0 bridgehead atoms. The van der Waals surface area contributed by atoms with Crippen molar-refractivity contribution in [1.29, 1.82) is 0 Å². The molecular weight excluding hydrogens is 354 g/mol. The highest BCUT2D eigenvalue weighted by Crippen LogP contribution is 2.24. The molecular formula is C19H31NO7. The van der Waals surface area contributed by atoms with Crippen LogP contribution in [0.2, 0.25) is 0 Å². The Kier molecular flexibility index (Phi) is 13.8. The highest BCUT2D eigenvalue weighted by molar-refractivity contribution is 6.27. The van der Waals surface area contributed by atoms with E-state index in [2.05, 4.69) is 44.3 Å². The molecule has 3 N–H and O–H groups in total. The van der Waals surface area contributed by atoms with Crippen LogP contribution in [0.25, 0.3) is 0 Å². The molecule has 0 aromatic heterocycles. The van der Waals surface area contributed by atoms with E-state index in [9.17, 15) is 0 Å². The number of carboxylic acid groups (broad SMARTS) is 2. The summed E-state index contributed by atoms with van der Waals surface area (Å²) in [6.07, 6.45) is 0. The average Bonchev–Trinajstić information content (AvgIpc) is 2.62. The number of methoxy groups -OCH3 is 1. The van der Waals surface area contributed by atoms with Gasteiger partial charge >= 0.3 is 11.9 Å². The molecule has 0 fully saturated rings. The lowest BCUT2D eigenvalue weighted by Crippen LogP contribution is -2.24. The van der Waals surface area contributed by atoms with Crippen LogP contribution < -0.4 is 10.1 Å². The molecule has 0 radical (unpaired) electrons. The molecule has 0 atom stereocenters. The normalized spacial score (nSPS) is 10.3. The van der Waals surface area contributed by atoms with Gasteiger partial charge in [0, 0.05) is 20.2 Å². The second-order valence-electron chi connectivity index (χ2n) is 5.99. The van der Waals surface area contributed by atoms with Gasteiger partial charge in [-0.1, -0.05) is 26.0 Å². The molecule has 27 heavy (non-hydrogen) atoms. The van der Waals surface area contributed by atoms with Crippen LogP contribution >= 0.6 is 0 Å². The molecule has 8 heteroatoms. The second-order valence-corrected chi connectivity index (χ2v) is 5.99. The van der Waals surface area contributed by atoms with Crippen molar-refractivity contribution < 1.29 is 34.0 Å². The number of rotatable bonds is 11. The van der Waals surface area contributed by atoms with Gasteiger partial charge in [0.15, 0.2) is 0 Å². The Morgan fingerprint density at radius 1 is 1.04 bits per heavy atom. The molecule has 8 nitrogen and oxygen atoms in total. The molecule has 0 aliphatic heterocycles. The fourth-order valence-corrected chi connectivity index (χ4v) is 1.89. The zero-order valence-electron chi connectivity index (χ0n) is 16.5. The van der Waals surface area contributed by atoms with Gasteiger partial charge in [-0.2, -0.15) is 0 Å². The van der Waals surface area contributed by atoms with Crippen LogP contribution in [-0.4, -0.2) is 68.8 Å². The van der Waals surface area contributed by atoms with E-state index in [1.54, 1.807) is 7.11 Å². The lowest BCUT2D eigenvalue weighted by molar-refractivity contribution is -0.159. The van der Waals surface area contributed by atoms with Crippen molar-refractivity contribution in [2.24, 2.45) is 0 Å². The first kappa shape index (κ1) is 24.8. The number of ether oxygens (including phenoxy) is 3. The van der Waals surface area contributed by atoms with Crippen LogP contribution in [0.1, 0.15) is 30.9 Å². The Morgan fingerprint density at radius 3 is 2.22 bits per heavy atom. The first-order chi connectivity index (χ1) is 12.8. The van der Waals surface area contributed by atoms with E-state index in [1.807, 2.05) is 0 Å². The van der Waals surface area contributed by atoms with Crippen molar-refractivity contribution in [3.05, 3.63) is 29.3 Å². The van der Waals surface area contributed by atoms with Gasteiger partial charge in [0.05, 0.1) is 19.8 Å². The summed E-state index contributed by atoms with van der Waals surface area (Å²) in [5.41, 5.74) is 2.47. The van der Waals surface area contributed by atoms with E-state index in [0.29, 0.717) is 25.7 Å². The lowest BCUT2D eigenvalue weighted by atomic mass is 10.0. The maximum atomic E-state index is 9.10. The van der Waals surface area contributed by atoms with Crippen LogP contribution in [0, 0.1) is 6.92 Å². The number of benzene rings is 1. The van der Waals surface area contributed by atoms with Crippen LogP contribution in [-0.2, 0) is 19.1 Å². The van der Waals surface area contributed by atoms with Gasteiger partial charge in [0.25, 0.3) is 0 Å². The number of aliphatic carboxylic acids is 2. The highest BCUT2D eigenvalue weighted by atomic mass is 16.5. The molecule has 1 aromatic carbocycles. The third-order valence-corrected chi connectivity index (χ3v) is 3.45. The zero-order chi connectivity index (χ0) is 20.7. The molecule has 0 unspecified atom stereocenters. The smallest absolute Gasteiger partial charge is 0.414 e. The summed E-state index contributed by atoms with van der Waals surface area (Å²) < 4.78 is 16.3. The minimum atomic E-state index is -1.82. The van der Waals surface area contributed by atoms with E-state index in [-0.39, 0.29) is 0 Å². The molecule has 0 aliphatic carbocycles. The van der Waals surface area contributed by atoms with E-state index in [1.165, 1.54) is 11.1 Å². The van der Waals surface area contributed by atoms with Crippen molar-refractivity contribution in [2.45, 2.75) is 26.7 Å². The molecule has 1 aromatic rings. The average molecular weight is 385 g/mol. The van der Waals surface area contributed by atoms with Gasteiger partial charge in [0.1, 0.15) is 12.4 Å². The third-order valence-electron chi connectivity index (χ3n) is 3.45. The summed E-state index contributed by atoms with van der Waals surface area (Å²) >= 11 is 0. The fourth-order valence-electron chi connectivity index (χ4n) is 1.89. The molecule has 0 heterocycles. The maximum Gasteiger partial charge on any atom is 0.414 e. The zero-order valence-corrected chi connectivity index (χ0v) is 16.5. The number of carbonyl (C=O) groups is 2. The van der Waals surface area contributed by atoms with Crippen molar-refractivity contribution in [3.63, 3.8) is 0 Å². The molecule has 1 rings (SSSR count). The Bertz CT molecular complexity index is 549. The first-order valence-corrected chi connectivity index (χ1v) is 8.76. The van der Waals surface area contributed by atoms with Crippen molar-refractivity contribution in [2.75, 3.05) is 46.6 Å². The Balaban J connectivity index is 0.000000972. The molecule has 154 valence electrons. The lowest BCUT2D eigenvalue weighted by Gasteiger charge is -2.13. The summed E-state index contributed by atoms with van der Waals surface area (Å²) in [6, 6.07) is 6.41. The van der Waals surface area contributed by atoms with E-state index >= 15 is 0 Å². The number of nitrogens with one attached hydrogen (secondary N) is 1. The number of hydrogen-bond donors (Lipinski definition) is 3. The largest absolute Gasteiger partial charge is 0.491 e. The van der Waals surface area contributed by atoms with Crippen molar-refractivity contribution >= 4 is 11.9 Å². The first-order valence-electron chi connectivity index (χ1n) is 8.76. The Hall–Kier alpha value is -2.16. The van der Waals surface area contributed by atoms with Crippen molar-refractivity contribution in [3.8, 4) is 5.75 Å². The summed E-state index contributed by atoms with van der Waals surface area (Å²) in [5.74, 6) is -2.17. The highest BCUT2D eigenvalue weighted by Gasteiger charge is 2.05. The molecule has 0 aliphatic rings. The Labute approximate surface area is 160 Å². The monoisotopic (exact) mass is 385 g/mol. The summed E-state index contributed by atoms with van der Waals surface area (Å²) in [6.45, 7) is 10.8. The van der Waals surface area contributed by atoms with Crippen LogP contribution in [0.3, 0.4) is 0 Å². The van der Waals surface area contributed by atoms with E-state index in [0.717, 1.165) is 25.4 Å². The van der Waals surface area contributed by atoms with Gasteiger partial charge in [0.2, 0.25) is 0 Å². The predicted octanol–water partition coefficient (Wildman–Crippen LogP) is 1.91. The Morgan fingerprint density at radius 2 is 1.67 bits per heavy atom. The van der Waals surface area contributed by atoms with Gasteiger partial charge < -0.3 is 29.7 Å². The van der Waals surface area contributed by atoms with E-state index in [4.69, 9.17) is 34.0 Å². The quantitative estimate of drug-likeness (QED) is 0.391. The minimum Gasteiger partial charge on any atom is -0.491 e. The standard InChI is InChI=1S/C17H29NO3.C2H2O4/c1-14(2)16-6-5-15(3)17(13-16)21-12-11-20-10-8-18-7-9-19-4;3-1(4)2(5)6/h5-6,13-14,18H,7-12H2,1-4H3;(H,3,4)(H,5,6). The second kappa shape index (κ2) is 15.0. The number of carboxylic acids is 2. The molecule has 0 amide bonds. The SMILES string of the molecule is COCCNCCOCCOc1cc(C(C)C)ccc1C.O=C(O)C(=O)O. The van der Waals surface area contributed by atoms with E-state index < -0.39 is 11.9 Å². The van der Waals surface area contributed by atoms with Crippen LogP contribution in [0.5, 0.6) is 5.75 Å². The van der Waals surface area contributed by atoms with Crippen LogP contribution in [0.15, 0.2) is 18.2 Å². The van der Waals surface area contributed by atoms with Gasteiger partial charge in [-0.05, 0) is 30.0 Å². The number of aryl methyl sites for hydroxylation is 1.